The average molecular weight is 450 g/mol. The second-order valence-electron chi connectivity index (χ2n) is 8.56. The first-order valence-electron chi connectivity index (χ1n) is 11.3. The maximum Gasteiger partial charge on any atom is 0.342 e. The maximum atomic E-state index is 13.2. The Kier molecular flexibility index (Phi) is 6.87. The minimum atomic E-state index is -0.646. The first kappa shape index (κ1) is 22.7. The molecule has 2 aromatic rings. The number of hydrogen-bond donors (Lipinski definition) is 1. The number of aromatic nitrogens is 1. The topological polar surface area (TPSA) is 103 Å². The van der Waals surface area contributed by atoms with Gasteiger partial charge in [-0.15, -0.1) is 0 Å². The fourth-order valence-corrected chi connectivity index (χ4v) is 4.39. The number of aromatic hydroxyl groups is 1. The Morgan fingerprint density at radius 3 is 2.76 bits per heavy atom. The van der Waals surface area contributed by atoms with Crippen molar-refractivity contribution in [1.29, 1.82) is 0 Å². The molecule has 2 atom stereocenters. The maximum absolute atomic E-state index is 13.2. The molecule has 0 fully saturated rings. The van der Waals surface area contributed by atoms with E-state index in [2.05, 4.69) is 4.98 Å². The number of carbonyl (C=O) groups is 3. The first-order chi connectivity index (χ1) is 15.9. The second-order valence-corrected chi connectivity index (χ2v) is 8.56. The van der Waals surface area contributed by atoms with E-state index in [9.17, 15) is 19.5 Å². The van der Waals surface area contributed by atoms with Gasteiger partial charge in [0.2, 0.25) is 0 Å². The van der Waals surface area contributed by atoms with Crippen molar-refractivity contribution in [3.05, 3.63) is 58.9 Å². The average Bonchev–Trinajstić information content (AvgIpc) is 2.78. The predicted molar refractivity (Wildman–Crippen MR) is 121 cm³/mol. The molecule has 1 N–H and O–H groups in total. The highest BCUT2D eigenvalue weighted by atomic mass is 16.5. The van der Waals surface area contributed by atoms with E-state index >= 15 is 0 Å². The van der Waals surface area contributed by atoms with E-state index in [1.54, 1.807) is 37.5 Å². The summed E-state index contributed by atoms with van der Waals surface area (Å²) in [4.78, 5) is 41.6. The fourth-order valence-electron chi connectivity index (χ4n) is 4.39. The molecular weight excluding hydrogens is 422 g/mol. The van der Waals surface area contributed by atoms with E-state index in [1.807, 2.05) is 12.1 Å². The Labute approximate surface area is 192 Å². The van der Waals surface area contributed by atoms with Gasteiger partial charge in [-0.05, 0) is 55.9 Å². The van der Waals surface area contributed by atoms with Crippen molar-refractivity contribution in [3.8, 4) is 11.5 Å². The smallest absolute Gasteiger partial charge is 0.342 e. The van der Waals surface area contributed by atoms with Crippen LogP contribution in [0.5, 0.6) is 11.5 Å². The van der Waals surface area contributed by atoms with E-state index in [1.165, 1.54) is 0 Å². The quantitative estimate of drug-likeness (QED) is 0.497. The molecule has 7 heteroatoms. The highest BCUT2D eigenvalue weighted by Crippen LogP contribution is 2.47. The lowest BCUT2D eigenvalue weighted by atomic mass is 9.84. The van der Waals surface area contributed by atoms with Crippen LogP contribution in [0.2, 0.25) is 0 Å². The van der Waals surface area contributed by atoms with Gasteiger partial charge in [0.25, 0.3) is 0 Å². The number of ketones is 1. The number of esters is 2. The SMILES string of the molecule is C[C@H]1CCCC(=O)CCC/C=C/c2cc3c(c(O)c2C(=O)O1)C(c1cccnc1)CC(=O)O3. The molecule has 3 heterocycles. The molecule has 0 spiro atoms. The highest BCUT2D eigenvalue weighted by Gasteiger charge is 2.35. The van der Waals surface area contributed by atoms with Crippen LogP contribution in [0.15, 0.2) is 36.7 Å². The van der Waals surface area contributed by atoms with E-state index in [0.717, 1.165) is 5.56 Å². The van der Waals surface area contributed by atoms with Crippen molar-refractivity contribution in [1.82, 2.24) is 4.98 Å². The normalized spacial score (nSPS) is 22.9. The van der Waals surface area contributed by atoms with E-state index in [-0.39, 0.29) is 29.3 Å². The standard InChI is InChI=1S/C26H27NO6/c1-16-7-5-11-19(28)10-4-2-3-8-17-13-21-24(25(30)23(17)26(31)32-16)20(14-22(29)33-21)18-9-6-12-27-15-18/h3,6,8-9,12-13,15-16,20,30H,2,4-5,7,10-11,14H2,1H3/b8-3+/t16-,20?/m0/s1. The molecule has 2 aliphatic heterocycles. The number of hydrogen-bond acceptors (Lipinski definition) is 7. The molecular formula is C26H27NO6. The number of cyclic esters (lactones) is 1. The largest absolute Gasteiger partial charge is 0.507 e. The van der Waals surface area contributed by atoms with Crippen molar-refractivity contribution >= 4 is 23.8 Å². The summed E-state index contributed by atoms with van der Waals surface area (Å²) in [7, 11) is 0. The Balaban J connectivity index is 1.80. The van der Waals surface area contributed by atoms with Crippen LogP contribution in [0.1, 0.15) is 84.8 Å². The third-order valence-corrected chi connectivity index (χ3v) is 6.06. The van der Waals surface area contributed by atoms with Gasteiger partial charge in [-0.25, -0.2) is 4.79 Å². The summed E-state index contributed by atoms with van der Waals surface area (Å²) in [5, 5.41) is 11.3. The summed E-state index contributed by atoms with van der Waals surface area (Å²) in [6.07, 6.45) is 9.98. The molecule has 33 heavy (non-hydrogen) atoms. The zero-order chi connectivity index (χ0) is 23.4. The van der Waals surface area contributed by atoms with Gasteiger partial charge >= 0.3 is 11.9 Å². The summed E-state index contributed by atoms with van der Waals surface area (Å²) in [6.45, 7) is 1.78. The van der Waals surface area contributed by atoms with Crippen molar-refractivity contribution in [3.63, 3.8) is 0 Å². The Morgan fingerprint density at radius 2 is 1.97 bits per heavy atom. The van der Waals surface area contributed by atoms with Crippen LogP contribution in [-0.2, 0) is 14.3 Å². The number of benzene rings is 1. The van der Waals surface area contributed by atoms with Crippen LogP contribution in [0.25, 0.3) is 6.08 Å². The number of phenols is 1. The van der Waals surface area contributed by atoms with Gasteiger partial charge in [-0.1, -0.05) is 18.2 Å². The van der Waals surface area contributed by atoms with Gasteiger partial charge in [0.05, 0.1) is 12.5 Å². The van der Waals surface area contributed by atoms with Crippen LogP contribution in [0.3, 0.4) is 0 Å². The van der Waals surface area contributed by atoms with Gasteiger partial charge in [0, 0.05) is 36.7 Å². The number of nitrogens with zero attached hydrogens (tertiary/aromatic N) is 1. The summed E-state index contributed by atoms with van der Waals surface area (Å²) >= 11 is 0. The van der Waals surface area contributed by atoms with E-state index in [0.29, 0.717) is 49.7 Å². The molecule has 0 aliphatic carbocycles. The number of carbonyl (C=O) groups excluding carboxylic acids is 3. The molecule has 1 unspecified atom stereocenters. The summed E-state index contributed by atoms with van der Waals surface area (Å²) < 4.78 is 11.1. The molecule has 0 saturated heterocycles. The van der Waals surface area contributed by atoms with Crippen LogP contribution < -0.4 is 4.74 Å². The predicted octanol–water partition coefficient (Wildman–Crippen LogP) is 4.71. The second kappa shape index (κ2) is 9.98. The van der Waals surface area contributed by atoms with Crippen molar-refractivity contribution < 1.29 is 29.0 Å². The van der Waals surface area contributed by atoms with Gasteiger partial charge < -0.3 is 14.6 Å². The monoisotopic (exact) mass is 449 g/mol. The van der Waals surface area contributed by atoms with Crippen LogP contribution in [0.4, 0.5) is 0 Å². The Bertz CT molecular complexity index is 1090. The minimum Gasteiger partial charge on any atom is -0.507 e. The zero-order valence-corrected chi connectivity index (χ0v) is 18.6. The van der Waals surface area contributed by atoms with Gasteiger partial charge in [0.1, 0.15) is 22.8 Å². The molecule has 7 nitrogen and oxygen atoms in total. The molecule has 0 saturated carbocycles. The molecule has 1 aromatic heterocycles. The van der Waals surface area contributed by atoms with Gasteiger partial charge in [-0.2, -0.15) is 0 Å². The van der Waals surface area contributed by atoms with Crippen molar-refractivity contribution in [2.45, 2.75) is 63.9 Å². The number of rotatable bonds is 1. The van der Waals surface area contributed by atoms with Crippen molar-refractivity contribution in [2.75, 3.05) is 0 Å². The number of fused-ring (bicyclic) bond motifs is 2. The number of Topliss-reactive ketones (excluding diaryl/α,β-unsaturated/α-hetero) is 1. The third kappa shape index (κ3) is 5.13. The van der Waals surface area contributed by atoms with Crippen molar-refractivity contribution in [2.24, 2.45) is 0 Å². The Hall–Kier alpha value is -3.48. The molecule has 2 aliphatic rings. The van der Waals surface area contributed by atoms with E-state index < -0.39 is 24.0 Å². The number of phenolic OH excluding ortho intramolecular Hbond substituents is 1. The van der Waals surface area contributed by atoms with Gasteiger partial charge in [0.15, 0.2) is 0 Å². The molecule has 0 amide bonds. The number of pyridine rings is 1. The fraction of sp³-hybridized carbons (Fsp3) is 0.385. The van der Waals surface area contributed by atoms with Crippen LogP contribution in [-0.4, -0.2) is 33.9 Å². The third-order valence-electron chi connectivity index (χ3n) is 6.06. The lowest BCUT2D eigenvalue weighted by Gasteiger charge is -2.27. The molecule has 0 bridgehead atoms. The lowest BCUT2D eigenvalue weighted by Crippen LogP contribution is -2.23. The molecule has 1 aromatic carbocycles. The van der Waals surface area contributed by atoms with Gasteiger partial charge in [-0.3, -0.25) is 14.6 Å². The van der Waals surface area contributed by atoms with Crippen LogP contribution in [0, 0.1) is 0 Å². The number of allylic oxidation sites excluding steroid dienone is 1. The minimum absolute atomic E-state index is 0.0281. The lowest BCUT2D eigenvalue weighted by molar-refractivity contribution is -0.135. The first-order valence-corrected chi connectivity index (χ1v) is 11.3. The molecule has 172 valence electrons. The zero-order valence-electron chi connectivity index (χ0n) is 18.6. The summed E-state index contributed by atoms with van der Waals surface area (Å²) in [5.41, 5.74) is 1.59. The summed E-state index contributed by atoms with van der Waals surface area (Å²) in [5.74, 6) is -1.37. The number of ether oxygens (including phenoxy) is 2. The molecule has 4 rings (SSSR count). The Morgan fingerprint density at radius 1 is 1.15 bits per heavy atom. The molecule has 0 radical (unpaired) electrons. The summed E-state index contributed by atoms with van der Waals surface area (Å²) in [6, 6.07) is 5.19. The van der Waals surface area contributed by atoms with E-state index in [4.69, 9.17) is 9.47 Å². The van der Waals surface area contributed by atoms with Crippen LogP contribution >= 0.6 is 0 Å². The highest BCUT2D eigenvalue weighted by molar-refractivity contribution is 5.98.